The fraction of sp³-hybridized carbons (Fsp3) is 0.360. The number of nitrogens with zero attached hydrogens (tertiary/aromatic N) is 1. The number of likely N-dealkylation sites (N-methyl/N-ethyl adjacent to an activating group) is 1. The number of ether oxygens (including phenoxy) is 4. The quantitative estimate of drug-likeness (QED) is 0.342. The lowest BCUT2D eigenvalue weighted by atomic mass is 9.94. The molecule has 0 aliphatic carbocycles. The van der Waals surface area contributed by atoms with Crippen molar-refractivity contribution in [3.05, 3.63) is 53.1 Å². The van der Waals surface area contributed by atoms with Crippen LogP contribution in [0.3, 0.4) is 0 Å². The number of benzene rings is 2. The zero-order valence-corrected chi connectivity index (χ0v) is 19.7. The number of methoxy groups -OCH3 is 2. The van der Waals surface area contributed by atoms with E-state index < -0.39 is 23.5 Å². The van der Waals surface area contributed by atoms with E-state index in [1.54, 1.807) is 36.4 Å². The van der Waals surface area contributed by atoms with Gasteiger partial charge in [0, 0.05) is 17.2 Å². The molecule has 0 saturated carbocycles. The lowest BCUT2D eigenvalue weighted by Crippen LogP contribution is -3.06. The minimum Gasteiger partial charge on any atom is -0.872 e. The van der Waals surface area contributed by atoms with Gasteiger partial charge in [-0.15, -0.1) is 0 Å². The lowest BCUT2D eigenvalue weighted by Gasteiger charge is -2.29. The number of hydrogen-bond acceptors (Lipinski definition) is 7. The Labute approximate surface area is 198 Å². The SMILES string of the molecule is COc1ccc(C2C(=C([O-])c3ccc4c(c3)OCCO4)C(=O)C(=O)N2CC[NH+](C)C)c(OC)c1. The lowest BCUT2D eigenvalue weighted by molar-refractivity contribution is -0.857. The third-order valence-electron chi connectivity index (χ3n) is 5.92. The molecular weight excluding hydrogens is 440 g/mol. The van der Waals surface area contributed by atoms with Crippen molar-refractivity contribution in [1.82, 2.24) is 4.90 Å². The van der Waals surface area contributed by atoms with Crippen LogP contribution >= 0.6 is 0 Å². The molecule has 9 nitrogen and oxygen atoms in total. The Morgan fingerprint density at radius 3 is 2.47 bits per heavy atom. The highest BCUT2D eigenvalue weighted by Crippen LogP contribution is 2.43. The summed E-state index contributed by atoms with van der Waals surface area (Å²) in [4.78, 5) is 28.8. The predicted octanol–water partition coefficient (Wildman–Crippen LogP) is -0.156. The van der Waals surface area contributed by atoms with Gasteiger partial charge in [0.05, 0.1) is 47.4 Å². The first kappa shape index (κ1) is 23.4. The number of ketones is 1. The molecule has 2 aromatic rings. The van der Waals surface area contributed by atoms with Crippen LogP contribution in [0.4, 0.5) is 0 Å². The van der Waals surface area contributed by atoms with Gasteiger partial charge in [0.25, 0.3) is 5.91 Å². The van der Waals surface area contributed by atoms with E-state index in [2.05, 4.69) is 0 Å². The standard InChI is InChI=1S/C25H28N2O7/c1-26(2)9-10-27-22(17-7-6-16(31-3)14-19(17)32-4)21(24(29)25(27)30)23(28)15-5-8-18-20(13-15)34-12-11-33-18/h5-8,13-14,22,28H,9-12H2,1-4H3. The molecule has 0 aromatic heterocycles. The summed E-state index contributed by atoms with van der Waals surface area (Å²) in [5.41, 5.74) is 0.675. The Hall–Kier alpha value is -3.72. The monoisotopic (exact) mass is 468 g/mol. The summed E-state index contributed by atoms with van der Waals surface area (Å²) < 4.78 is 22.0. The number of nitrogens with one attached hydrogen (secondary N) is 1. The average molecular weight is 469 g/mol. The van der Waals surface area contributed by atoms with Gasteiger partial charge in [0.1, 0.15) is 24.7 Å². The van der Waals surface area contributed by atoms with E-state index in [0.717, 1.165) is 4.90 Å². The first-order chi connectivity index (χ1) is 16.3. The summed E-state index contributed by atoms with van der Waals surface area (Å²) in [6.07, 6.45) is 0. The molecule has 180 valence electrons. The Morgan fingerprint density at radius 1 is 1.06 bits per heavy atom. The number of hydrogen-bond donors (Lipinski definition) is 1. The normalized spacial score (nSPS) is 19.0. The van der Waals surface area contributed by atoms with Crippen molar-refractivity contribution in [1.29, 1.82) is 0 Å². The fourth-order valence-electron chi connectivity index (χ4n) is 4.15. The van der Waals surface area contributed by atoms with Crippen molar-refractivity contribution in [2.75, 3.05) is 54.6 Å². The van der Waals surface area contributed by atoms with Crippen LogP contribution in [0, 0.1) is 0 Å². The molecule has 34 heavy (non-hydrogen) atoms. The summed E-state index contributed by atoms with van der Waals surface area (Å²) in [5.74, 6) is -0.104. The van der Waals surface area contributed by atoms with Crippen molar-refractivity contribution in [2.24, 2.45) is 0 Å². The highest BCUT2D eigenvalue weighted by Gasteiger charge is 2.45. The second kappa shape index (κ2) is 9.64. The summed E-state index contributed by atoms with van der Waals surface area (Å²) in [6.45, 7) is 1.68. The van der Waals surface area contributed by atoms with Crippen molar-refractivity contribution in [2.45, 2.75) is 6.04 Å². The van der Waals surface area contributed by atoms with E-state index in [1.165, 1.54) is 19.1 Å². The van der Waals surface area contributed by atoms with Gasteiger partial charge in [-0.25, -0.2) is 0 Å². The Balaban J connectivity index is 1.87. The molecule has 1 N–H and O–H groups in total. The summed E-state index contributed by atoms with van der Waals surface area (Å²) in [6, 6.07) is 8.99. The van der Waals surface area contributed by atoms with Gasteiger partial charge in [0.2, 0.25) is 5.78 Å². The van der Waals surface area contributed by atoms with Crippen LogP contribution in [0.2, 0.25) is 0 Å². The van der Waals surface area contributed by atoms with E-state index in [0.29, 0.717) is 54.9 Å². The maximum absolute atomic E-state index is 13.7. The zero-order chi connectivity index (χ0) is 24.4. The van der Waals surface area contributed by atoms with Crippen LogP contribution in [-0.4, -0.2) is 71.2 Å². The predicted molar refractivity (Wildman–Crippen MR) is 121 cm³/mol. The molecule has 1 unspecified atom stereocenters. The number of Topliss-reactive ketones (excluding diaryl/α,β-unsaturated/α-hetero) is 1. The molecule has 1 atom stereocenters. The zero-order valence-electron chi connectivity index (χ0n) is 19.7. The second-order valence-electron chi connectivity index (χ2n) is 8.40. The molecule has 2 aromatic carbocycles. The number of rotatable bonds is 7. The van der Waals surface area contributed by atoms with Crippen LogP contribution in [0.15, 0.2) is 42.0 Å². The minimum absolute atomic E-state index is 0.112. The average Bonchev–Trinajstić information content (AvgIpc) is 3.10. The van der Waals surface area contributed by atoms with E-state index >= 15 is 0 Å². The van der Waals surface area contributed by atoms with Crippen LogP contribution in [-0.2, 0) is 9.59 Å². The minimum atomic E-state index is -0.888. The van der Waals surface area contributed by atoms with E-state index in [1.807, 2.05) is 14.1 Å². The third kappa shape index (κ3) is 4.26. The highest BCUT2D eigenvalue weighted by molar-refractivity contribution is 6.46. The maximum Gasteiger partial charge on any atom is 0.295 e. The third-order valence-corrected chi connectivity index (χ3v) is 5.92. The molecule has 2 aliphatic rings. The van der Waals surface area contributed by atoms with Gasteiger partial charge in [-0.2, -0.15) is 0 Å². The fourth-order valence-corrected chi connectivity index (χ4v) is 4.15. The summed E-state index contributed by atoms with van der Waals surface area (Å²) in [7, 11) is 6.94. The van der Waals surface area contributed by atoms with Crippen molar-refractivity contribution in [3.8, 4) is 23.0 Å². The smallest absolute Gasteiger partial charge is 0.295 e. The molecule has 1 fully saturated rings. The highest BCUT2D eigenvalue weighted by atomic mass is 16.6. The first-order valence-corrected chi connectivity index (χ1v) is 11.0. The van der Waals surface area contributed by atoms with Gasteiger partial charge in [0.15, 0.2) is 11.5 Å². The number of carbonyl (C=O) groups excluding carboxylic acids is 2. The van der Waals surface area contributed by atoms with E-state index in [4.69, 9.17) is 18.9 Å². The Kier molecular flexibility index (Phi) is 6.65. The summed E-state index contributed by atoms with van der Waals surface area (Å²) in [5, 5.41) is 13.7. The topological polar surface area (TPSA) is 102 Å². The number of quaternary nitrogens is 1. The van der Waals surface area contributed by atoms with Gasteiger partial charge in [-0.1, -0.05) is 11.8 Å². The number of fused-ring (bicyclic) bond motifs is 1. The molecule has 0 bridgehead atoms. The van der Waals surface area contributed by atoms with Gasteiger partial charge < -0.3 is 33.9 Å². The molecule has 2 aliphatic heterocycles. The molecule has 1 amide bonds. The molecule has 0 radical (unpaired) electrons. The van der Waals surface area contributed by atoms with Gasteiger partial charge in [-0.05, 0) is 29.8 Å². The maximum atomic E-state index is 13.7. The molecule has 0 spiro atoms. The molecule has 4 rings (SSSR count). The van der Waals surface area contributed by atoms with E-state index in [9.17, 15) is 14.7 Å². The first-order valence-electron chi connectivity index (χ1n) is 11.0. The van der Waals surface area contributed by atoms with Crippen LogP contribution in [0.1, 0.15) is 17.2 Å². The van der Waals surface area contributed by atoms with Crippen molar-refractivity contribution >= 4 is 17.4 Å². The van der Waals surface area contributed by atoms with Crippen LogP contribution in [0.5, 0.6) is 23.0 Å². The van der Waals surface area contributed by atoms with E-state index in [-0.39, 0.29) is 11.1 Å². The summed E-state index contributed by atoms with van der Waals surface area (Å²) >= 11 is 0. The van der Waals surface area contributed by atoms with Crippen molar-refractivity contribution in [3.63, 3.8) is 0 Å². The Bertz CT molecular complexity index is 1140. The largest absolute Gasteiger partial charge is 0.872 e. The molecule has 2 heterocycles. The van der Waals surface area contributed by atoms with Crippen LogP contribution in [0.25, 0.3) is 5.76 Å². The Morgan fingerprint density at radius 2 is 1.79 bits per heavy atom. The van der Waals surface area contributed by atoms with Crippen molar-refractivity contribution < 1.29 is 38.5 Å². The second-order valence-corrected chi connectivity index (χ2v) is 8.40. The molecular formula is C25H28N2O7. The van der Waals surface area contributed by atoms with Gasteiger partial charge in [-0.3, -0.25) is 9.59 Å². The van der Waals surface area contributed by atoms with Gasteiger partial charge >= 0.3 is 0 Å². The number of carbonyl (C=O) groups is 2. The molecule has 9 heteroatoms. The molecule has 1 saturated heterocycles. The van der Waals surface area contributed by atoms with Crippen LogP contribution < -0.4 is 29.0 Å². The number of likely N-dealkylation sites (tertiary alicyclic amines) is 1. The number of amides is 1.